The Hall–Kier alpha value is -1.46. The van der Waals surface area contributed by atoms with Crippen LogP contribution in [0.15, 0.2) is 36.4 Å². The highest BCUT2D eigenvalue weighted by Crippen LogP contribution is 2.20. The molecule has 1 nitrogen and oxygen atoms in total. The maximum absolute atomic E-state index is 9.34. The van der Waals surface area contributed by atoms with Gasteiger partial charge in [0.2, 0.25) is 0 Å². The molecular formula is C14H11BrO. The van der Waals surface area contributed by atoms with Gasteiger partial charge in [-0.05, 0) is 35.0 Å². The van der Waals surface area contributed by atoms with Gasteiger partial charge in [-0.2, -0.15) is 0 Å². The van der Waals surface area contributed by atoms with Crippen molar-refractivity contribution in [1.82, 2.24) is 0 Å². The molecule has 2 rings (SSSR count). The monoisotopic (exact) mass is 274 g/mol. The summed E-state index contributed by atoms with van der Waals surface area (Å²) in [4.78, 5) is 0. The van der Waals surface area contributed by atoms with Crippen molar-refractivity contribution in [3.63, 3.8) is 0 Å². The van der Waals surface area contributed by atoms with Crippen LogP contribution in [0, 0.1) is 11.8 Å². The van der Waals surface area contributed by atoms with Gasteiger partial charge in [0.1, 0.15) is 5.75 Å². The zero-order chi connectivity index (χ0) is 11.4. The molecular weight excluding hydrogens is 264 g/mol. The topological polar surface area (TPSA) is 20.2 Å². The molecule has 0 amide bonds. The normalized spacial score (nSPS) is 9.81. The second-order valence-corrected chi connectivity index (χ2v) is 4.28. The van der Waals surface area contributed by atoms with Gasteiger partial charge < -0.3 is 5.11 Å². The van der Waals surface area contributed by atoms with Crippen LogP contribution >= 0.6 is 15.9 Å². The zero-order valence-corrected chi connectivity index (χ0v) is 10.3. The number of benzene rings is 2. The van der Waals surface area contributed by atoms with E-state index in [1.165, 1.54) is 0 Å². The van der Waals surface area contributed by atoms with Crippen molar-refractivity contribution >= 4 is 26.7 Å². The lowest BCUT2D eigenvalue weighted by Gasteiger charge is -1.99. The largest absolute Gasteiger partial charge is 0.508 e. The predicted molar refractivity (Wildman–Crippen MR) is 70.9 cm³/mol. The Kier molecular flexibility index (Phi) is 3.48. The molecule has 0 atom stereocenters. The van der Waals surface area contributed by atoms with Crippen molar-refractivity contribution in [1.29, 1.82) is 0 Å². The molecule has 80 valence electrons. The van der Waals surface area contributed by atoms with E-state index in [1.54, 1.807) is 12.1 Å². The van der Waals surface area contributed by atoms with Gasteiger partial charge in [-0.25, -0.2) is 0 Å². The molecule has 0 aromatic heterocycles. The Bertz CT molecular complexity index is 564. The number of alkyl halides is 1. The third kappa shape index (κ3) is 2.56. The molecule has 0 saturated heterocycles. The lowest BCUT2D eigenvalue weighted by Crippen LogP contribution is -1.77. The van der Waals surface area contributed by atoms with Gasteiger partial charge in [0, 0.05) is 17.3 Å². The highest BCUT2D eigenvalue weighted by atomic mass is 79.9. The number of fused-ring (bicyclic) bond motifs is 1. The molecule has 0 bridgehead atoms. The highest BCUT2D eigenvalue weighted by Gasteiger charge is 1.95. The second-order valence-electron chi connectivity index (χ2n) is 3.49. The lowest BCUT2D eigenvalue weighted by molar-refractivity contribution is 0.476. The Balaban J connectivity index is 2.38. The smallest absolute Gasteiger partial charge is 0.116 e. The van der Waals surface area contributed by atoms with E-state index in [4.69, 9.17) is 0 Å². The van der Waals surface area contributed by atoms with Crippen molar-refractivity contribution in [3.05, 3.63) is 42.0 Å². The first kappa shape index (κ1) is 11.0. The number of hydrogen-bond acceptors (Lipinski definition) is 1. The van der Waals surface area contributed by atoms with E-state index in [1.807, 2.05) is 24.3 Å². The average Bonchev–Trinajstić information content (AvgIpc) is 2.29. The molecule has 0 unspecified atom stereocenters. The third-order valence-corrected chi connectivity index (χ3v) is 2.67. The number of phenolic OH excluding ortho intramolecular Hbond substituents is 1. The van der Waals surface area contributed by atoms with E-state index in [0.717, 1.165) is 28.1 Å². The van der Waals surface area contributed by atoms with Crippen LogP contribution in [-0.2, 0) is 0 Å². The van der Waals surface area contributed by atoms with Gasteiger partial charge in [-0.1, -0.05) is 39.9 Å². The van der Waals surface area contributed by atoms with Crippen LogP contribution in [0.1, 0.15) is 12.0 Å². The van der Waals surface area contributed by atoms with Crippen molar-refractivity contribution in [2.45, 2.75) is 6.42 Å². The zero-order valence-electron chi connectivity index (χ0n) is 8.70. The summed E-state index contributed by atoms with van der Waals surface area (Å²) in [6.07, 6.45) is 0.855. The van der Waals surface area contributed by atoms with Crippen molar-refractivity contribution in [3.8, 4) is 17.6 Å². The summed E-state index contributed by atoms with van der Waals surface area (Å²) in [5.41, 5.74) is 1.01. The van der Waals surface area contributed by atoms with Crippen LogP contribution in [0.25, 0.3) is 10.8 Å². The van der Waals surface area contributed by atoms with E-state index in [0.29, 0.717) is 5.75 Å². The predicted octanol–water partition coefficient (Wildman–Crippen LogP) is 3.68. The first-order valence-corrected chi connectivity index (χ1v) is 6.19. The third-order valence-electron chi connectivity index (χ3n) is 2.28. The summed E-state index contributed by atoms with van der Waals surface area (Å²) in [6, 6.07) is 11.3. The van der Waals surface area contributed by atoms with Crippen molar-refractivity contribution < 1.29 is 5.11 Å². The van der Waals surface area contributed by atoms with Gasteiger partial charge in [0.05, 0.1) is 0 Å². The molecule has 0 aliphatic carbocycles. The first-order valence-electron chi connectivity index (χ1n) is 5.07. The molecule has 1 N–H and O–H groups in total. The molecule has 0 fully saturated rings. The fourth-order valence-electron chi connectivity index (χ4n) is 1.52. The number of rotatable bonds is 1. The number of halogens is 1. The SMILES string of the molecule is Oc1ccc2cc(C#CCCBr)ccc2c1. The maximum atomic E-state index is 9.34. The maximum Gasteiger partial charge on any atom is 0.116 e. The fraction of sp³-hybridized carbons (Fsp3) is 0.143. The molecule has 16 heavy (non-hydrogen) atoms. The standard InChI is InChI=1S/C14H11BrO/c15-8-2-1-3-11-4-5-13-10-14(16)7-6-12(13)9-11/h4-7,9-10,16H,2,8H2. The molecule has 0 spiro atoms. The van der Waals surface area contributed by atoms with Crippen LogP contribution in [0.3, 0.4) is 0 Å². The Morgan fingerprint density at radius 3 is 2.62 bits per heavy atom. The Labute approximate surface area is 103 Å². The van der Waals surface area contributed by atoms with Crippen LogP contribution in [0.4, 0.5) is 0 Å². The molecule has 0 saturated carbocycles. The highest BCUT2D eigenvalue weighted by molar-refractivity contribution is 9.09. The summed E-state index contributed by atoms with van der Waals surface area (Å²) in [7, 11) is 0. The quantitative estimate of drug-likeness (QED) is 0.621. The van der Waals surface area contributed by atoms with Crippen LogP contribution in [-0.4, -0.2) is 10.4 Å². The molecule has 0 radical (unpaired) electrons. The van der Waals surface area contributed by atoms with E-state index in [9.17, 15) is 5.11 Å². The van der Waals surface area contributed by atoms with Gasteiger partial charge in [0.15, 0.2) is 0 Å². The number of phenols is 1. The number of aromatic hydroxyl groups is 1. The molecule has 2 heteroatoms. The van der Waals surface area contributed by atoms with Crippen LogP contribution < -0.4 is 0 Å². The van der Waals surface area contributed by atoms with Gasteiger partial charge in [0.25, 0.3) is 0 Å². The summed E-state index contributed by atoms with van der Waals surface area (Å²) in [5, 5.41) is 12.4. The van der Waals surface area contributed by atoms with Crippen LogP contribution in [0.2, 0.25) is 0 Å². The summed E-state index contributed by atoms with van der Waals surface area (Å²) in [6.45, 7) is 0. The second kappa shape index (κ2) is 5.05. The number of hydrogen-bond donors (Lipinski definition) is 1. The van der Waals surface area contributed by atoms with Gasteiger partial charge in [-0.15, -0.1) is 0 Å². The average molecular weight is 275 g/mol. The molecule has 0 aliphatic rings. The fourth-order valence-corrected chi connectivity index (χ4v) is 1.72. The lowest BCUT2D eigenvalue weighted by atomic mass is 10.1. The molecule has 0 aliphatic heterocycles. The summed E-state index contributed by atoms with van der Waals surface area (Å²) >= 11 is 3.34. The summed E-state index contributed by atoms with van der Waals surface area (Å²) < 4.78 is 0. The Morgan fingerprint density at radius 1 is 1.06 bits per heavy atom. The van der Waals surface area contributed by atoms with Crippen LogP contribution in [0.5, 0.6) is 5.75 Å². The van der Waals surface area contributed by atoms with E-state index in [-0.39, 0.29) is 0 Å². The molecule has 2 aromatic carbocycles. The van der Waals surface area contributed by atoms with Crippen molar-refractivity contribution in [2.75, 3.05) is 5.33 Å². The summed E-state index contributed by atoms with van der Waals surface area (Å²) in [5.74, 6) is 6.49. The first-order chi connectivity index (χ1) is 7.79. The Morgan fingerprint density at radius 2 is 1.81 bits per heavy atom. The minimum absolute atomic E-state index is 0.297. The van der Waals surface area contributed by atoms with E-state index < -0.39 is 0 Å². The van der Waals surface area contributed by atoms with Gasteiger partial charge >= 0.3 is 0 Å². The van der Waals surface area contributed by atoms with E-state index >= 15 is 0 Å². The minimum atomic E-state index is 0.297. The molecule has 0 heterocycles. The van der Waals surface area contributed by atoms with E-state index in [2.05, 4.69) is 27.8 Å². The molecule has 2 aromatic rings. The minimum Gasteiger partial charge on any atom is -0.508 e. The van der Waals surface area contributed by atoms with Gasteiger partial charge in [-0.3, -0.25) is 0 Å². The van der Waals surface area contributed by atoms with Crippen molar-refractivity contribution in [2.24, 2.45) is 0 Å².